The summed E-state index contributed by atoms with van der Waals surface area (Å²) in [5, 5.41) is 9.05. The maximum atomic E-state index is 13.6. The topological polar surface area (TPSA) is 93.1 Å². The molecule has 0 heterocycles. The lowest BCUT2D eigenvalue weighted by Gasteiger charge is -2.33. The van der Waals surface area contributed by atoms with E-state index in [2.05, 4.69) is 0 Å². The van der Waals surface area contributed by atoms with Crippen LogP contribution in [0.15, 0.2) is 36.4 Å². The SMILES string of the molecule is COC(=O)c1cc(Oc2ccc(C(=O)O)cc2C(F)(F)F)ccc1N(C(=O)C1CCCCC1)C(C)C. The Bertz CT molecular complexity index is 1140. The van der Waals surface area contributed by atoms with Crippen LogP contribution in [0.3, 0.4) is 0 Å². The molecule has 194 valence electrons. The third kappa shape index (κ3) is 5.98. The van der Waals surface area contributed by atoms with Crippen LogP contribution in [0, 0.1) is 5.92 Å². The van der Waals surface area contributed by atoms with Crippen molar-refractivity contribution >= 4 is 23.5 Å². The van der Waals surface area contributed by atoms with Crippen molar-refractivity contribution in [2.24, 2.45) is 5.92 Å². The van der Waals surface area contributed by atoms with Crippen molar-refractivity contribution in [1.82, 2.24) is 0 Å². The molecule has 1 N–H and O–H groups in total. The molecule has 1 aliphatic rings. The standard InChI is InChI=1S/C26H28F3NO6/c1-15(2)30(23(31)16-7-5-4-6-8-16)21-11-10-18(14-19(21)25(34)35-3)36-22-12-9-17(24(32)33)13-20(22)26(27,28)29/h9-16H,4-8H2,1-3H3,(H,32,33). The maximum Gasteiger partial charge on any atom is 0.420 e. The zero-order valence-electron chi connectivity index (χ0n) is 20.2. The van der Waals surface area contributed by atoms with E-state index in [4.69, 9.17) is 14.6 Å². The summed E-state index contributed by atoms with van der Waals surface area (Å²) in [5.41, 5.74) is -1.59. The fourth-order valence-electron chi connectivity index (χ4n) is 4.36. The number of carbonyl (C=O) groups excluding carboxylic acids is 2. The average molecular weight is 508 g/mol. The summed E-state index contributed by atoms with van der Waals surface area (Å²) in [7, 11) is 1.16. The molecule has 0 bridgehead atoms. The van der Waals surface area contributed by atoms with E-state index in [1.165, 1.54) is 23.1 Å². The normalized spacial score (nSPS) is 14.4. The number of carboxylic acids is 1. The van der Waals surface area contributed by atoms with Crippen molar-refractivity contribution in [3.05, 3.63) is 53.1 Å². The van der Waals surface area contributed by atoms with Gasteiger partial charge in [-0.2, -0.15) is 13.2 Å². The number of methoxy groups -OCH3 is 1. The van der Waals surface area contributed by atoms with Gasteiger partial charge in [-0.05, 0) is 63.1 Å². The summed E-state index contributed by atoms with van der Waals surface area (Å²) < 4.78 is 51.1. The van der Waals surface area contributed by atoms with E-state index in [0.717, 1.165) is 51.3 Å². The van der Waals surface area contributed by atoms with Crippen LogP contribution in [-0.4, -0.2) is 36.1 Å². The molecule has 0 radical (unpaired) electrons. The van der Waals surface area contributed by atoms with Crippen LogP contribution in [0.4, 0.5) is 18.9 Å². The second-order valence-electron chi connectivity index (χ2n) is 8.92. The van der Waals surface area contributed by atoms with Gasteiger partial charge in [-0.3, -0.25) is 4.79 Å². The number of ether oxygens (including phenoxy) is 2. The number of nitrogens with zero attached hydrogens (tertiary/aromatic N) is 1. The number of hydrogen-bond acceptors (Lipinski definition) is 5. The van der Waals surface area contributed by atoms with Gasteiger partial charge in [-0.15, -0.1) is 0 Å². The summed E-state index contributed by atoms with van der Waals surface area (Å²) in [6, 6.07) is 6.11. The number of anilines is 1. The molecule has 1 aliphatic carbocycles. The molecule has 1 amide bonds. The number of aromatic carboxylic acids is 1. The first-order valence-electron chi connectivity index (χ1n) is 11.6. The highest BCUT2D eigenvalue weighted by Gasteiger charge is 2.36. The number of carboxylic acid groups (broad SMARTS) is 1. The first-order chi connectivity index (χ1) is 16.9. The van der Waals surface area contributed by atoms with E-state index in [9.17, 15) is 27.6 Å². The van der Waals surface area contributed by atoms with Gasteiger partial charge in [0.05, 0.1) is 29.5 Å². The quantitative estimate of drug-likeness (QED) is 0.442. The minimum absolute atomic E-state index is 0.0384. The van der Waals surface area contributed by atoms with Crippen LogP contribution >= 0.6 is 0 Å². The molecular weight excluding hydrogens is 479 g/mol. The van der Waals surface area contributed by atoms with Crippen LogP contribution in [0.25, 0.3) is 0 Å². The lowest BCUT2D eigenvalue weighted by molar-refractivity contribution is -0.138. The summed E-state index contributed by atoms with van der Waals surface area (Å²) in [6.45, 7) is 3.62. The maximum absolute atomic E-state index is 13.6. The first-order valence-corrected chi connectivity index (χ1v) is 11.6. The van der Waals surface area contributed by atoms with Crippen molar-refractivity contribution in [3.8, 4) is 11.5 Å². The number of alkyl halides is 3. The Morgan fingerprint density at radius 2 is 1.69 bits per heavy atom. The minimum atomic E-state index is -4.88. The lowest BCUT2D eigenvalue weighted by atomic mass is 9.87. The number of halogens is 3. The van der Waals surface area contributed by atoms with Gasteiger partial charge in [0.25, 0.3) is 0 Å². The molecule has 0 unspecified atom stereocenters. The van der Waals surface area contributed by atoms with Crippen molar-refractivity contribution in [2.75, 3.05) is 12.0 Å². The fourth-order valence-corrected chi connectivity index (χ4v) is 4.36. The molecule has 1 saturated carbocycles. The van der Waals surface area contributed by atoms with E-state index in [1.54, 1.807) is 0 Å². The van der Waals surface area contributed by atoms with Gasteiger partial charge in [-0.1, -0.05) is 19.3 Å². The van der Waals surface area contributed by atoms with Gasteiger partial charge in [0.2, 0.25) is 5.91 Å². The number of benzene rings is 2. The third-order valence-corrected chi connectivity index (χ3v) is 6.10. The number of carbonyl (C=O) groups is 3. The molecule has 0 aliphatic heterocycles. The number of hydrogen-bond donors (Lipinski definition) is 1. The summed E-state index contributed by atoms with van der Waals surface area (Å²) >= 11 is 0. The highest BCUT2D eigenvalue weighted by Crippen LogP contribution is 2.40. The number of rotatable bonds is 7. The van der Waals surface area contributed by atoms with Crippen LogP contribution in [0.2, 0.25) is 0 Å². The average Bonchev–Trinajstić information content (AvgIpc) is 2.84. The van der Waals surface area contributed by atoms with Crippen LogP contribution in [-0.2, 0) is 15.7 Å². The third-order valence-electron chi connectivity index (χ3n) is 6.10. The van der Waals surface area contributed by atoms with Gasteiger partial charge >= 0.3 is 18.1 Å². The fraction of sp³-hybridized carbons (Fsp3) is 0.423. The van der Waals surface area contributed by atoms with Gasteiger partial charge < -0.3 is 19.5 Å². The van der Waals surface area contributed by atoms with Crippen molar-refractivity contribution in [3.63, 3.8) is 0 Å². The first kappa shape index (κ1) is 27.0. The Morgan fingerprint density at radius 3 is 2.25 bits per heavy atom. The van der Waals surface area contributed by atoms with Crippen molar-refractivity contribution < 1.29 is 42.1 Å². The zero-order valence-corrected chi connectivity index (χ0v) is 20.2. The zero-order chi connectivity index (χ0) is 26.6. The van der Waals surface area contributed by atoms with Gasteiger partial charge in [0.15, 0.2) is 0 Å². The molecule has 0 spiro atoms. The lowest BCUT2D eigenvalue weighted by Crippen LogP contribution is -2.42. The second kappa shape index (κ2) is 11.0. The van der Waals surface area contributed by atoms with Crippen molar-refractivity contribution in [1.29, 1.82) is 0 Å². The molecule has 10 heteroatoms. The Kier molecular flexibility index (Phi) is 8.27. The summed E-state index contributed by atoms with van der Waals surface area (Å²) in [5.74, 6) is -3.33. The predicted molar refractivity (Wildman–Crippen MR) is 125 cm³/mol. The molecule has 2 aromatic rings. The highest BCUT2D eigenvalue weighted by atomic mass is 19.4. The summed E-state index contributed by atoms with van der Waals surface area (Å²) in [6.07, 6.45) is -0.417. The number of esters is 1. The number of amides is 1. The molecule has 3 rings (SSSR count). The van der Waals surface area contributed by atoms with E-state index < -0.39 is 35.0 Å². The monoisotopic (exact) mass is 507 g/mol. The molecule has 7 nitrogen and oxygen atoms in total. The van der Waals surface area contributed by atoms with Gasteiger partial charge in [0.1, 0.15) is 11.5 Å². The van der Waals surface area contributed by atoms with E-state index in [0.29, 0.717) is 6.07 Å². The molecule has 0 atom stereocenters. The smallest absolute Gasteiger partial charge is 0.420 e. The van der Waals surface area contributed by atoms with Gasteiger partial charge in [-0.25, -0.2) is 9.59 Å². The van der Waals surface area contributed by atoms with E-state index >= 15 is 0 Å². The van der Waals surface area contributed by atoms with E-state index in [-0.39, 0.29) is 34.9 Å². The second-order valence-corrected chi connectivity index (χ2v) is 8.92. The Labute approximate surface area is 206 Å². The van der Waals surface area contributed by atoms with Crippen LogP contribution in [0.5, 0.6) is 11.5 Å². The molecule has 2 aromatic carbocycles. The van der Waals surface area contributed by atoms with Crippen molar-refractivity contribution in [2.45, 2.75) is 58.2 Å². The highest BCUT2D eigenvalue weighted by molar-refractivity contribution is 6.04. The Hall–Kier alpha value is -3.56. The molecule has 1 fully saturated rings. The molecule has 36 heavy (non-hydrogen) atoms. The molecule has 0 aromatic heterocycles. The Balaban J connectivity index is 2.03. The molecule has 0 saturated heterocycles. The van der Waals surface area contributed by atoms with Crippen LogP contribution in [0.1, 0.15) is 72.2 Å². The summed E-state index contributed by atoms with van der Waals surface area (Å²) in [4.78, 5) is 38.7. The minimum Gasteiger partial charge on any atom is -0.478 e. The van der Waals surface area contributed by atoms with E-state index in [1.807, 2.05) is 13.8 Å². The Morgan fingerprint density at radius 1 is 1.03 bits per heavy atom. The van der Waals surface area contributed by atoms with Gasteiger partial charge in [0, 0.05) is 12.0 Å². The molecular formula is C26H28F3NO6. The van der Waals surface area contributed by atoms with Crippen LogP contribution < -0.4 is 9.64 Å². The largest absolute Gasteiger partial charge is 0.478 e. The predicted octanol–water partition coefficient (Wildman–Crippen LogP) is 6.30.